The molecule has 2 atom stereocenters. The predicted molar refractivity (Wildman–Crippen MR) is 178 cm³/mol. The number of esters is 2. The number of ether oxygens (including phenoxy) is 2. The van der Waals surface area contributed by atoms with Crippen molar-refractivity contribution in [3.05, 3.63) is 0 Å². The van der Waals surface area contributed by atoms with Crippen molar-refractivity contribution in [2.45, 2.75) is 192 Å². The Hall–Kier alpha value is -0.360. The summed E-state index contributed by atoms with van der Waals surface area (Å²) >= 11 is 0. The summed E-state index contributed by atoms with van der Waals surface area (Å²) in [6, 6.07) is 0. The molecule has 0 aliphatic heterocycles. The van der Waals surface area contributed by atoms with E-state index in [1.807, 2.05) is 13.8 Å². The molecule has 0 aromatic rings. The maximum atomic E-state index is 12.3. The van der Waals surface area contributed by atoms with Gasteiger partial charge < -0.3 is 9.47 Å². The first-order valence-electron chi connectivity index (χ1n) is 17.2. The number of carbonyl (C=O) groups is 2. The quantitative estimate of drug-likeness (QED) is 0.0447. The van der Waals surface area contributed by atoms with Gasteiger partial charge in [-0.05, 0) is 26.7 Å². The van der Waals surface area contributed by atoms with E-state index in [4.69, 9.17) is 9.47 Å². The highest BCUT2D eigenvalue weighted by Gasteiger charge is 2.21. The minimum atomic E-state index is -0.283. The smallest absolute Gasteiger partial charge is 0.319 e. The summed E-state index contributed by atoms with van der Waals surface area (Å²) in [7, 11) is 2.82. The van der Waals surface area contributed by atoms with Gasteiger partial charge in [-0.2, -0.15) is 0 Å². The van der Waals surface area contributed by atoms with Gasteiger partial charge in [-0.25, -0.2) is 0 Å². The Labute approximate surface area is 257 Å². The van der Waals surface area contributed by atoms with Crippen LogP contribution in [-0.2, 0) is 19.1 Å². The van der Waals surface area contributed by atoms with Crippen LogP contribution in [-0.4, -0.2) is 35.7 Å². The van der Waals surface area contributed by atoms with Gasteiger partial charge in [0.05, 0.1) is 13.2 Å². The molecule has 0 fully saturated rings. The molecule has 238 valence electrons. The second-order valence-electron chi connectivity index (χ2n) is 11.6. The molecule has 0 spiro atoms. The Bertz CT molecular complexity index is 510. The van der Waals surface area contributed by atoms with E-state index in [1.54, 1.807) is 0 Å². The largest absolute Gasteiger partial charge is 0.465 e. The highest BCUT2D eigenvalue weighted by atomic mass is 33.1. The minimum absolute atomic E-state index is 0.183. The number of hydrogen-bond donors (Lipinski definition) is 0. The Morgan fingerprint density at radius 2 is 0.650 bits per heavy atom. The molecule has 0 aromatic carbocycles. The molecular formula is C34H66O4S2. The molecule has 0 aromatic heterocycles. The summed E-state index contributed by atoms with van der Waals surface area (Å²) in [6.07, 6.45) is 31.1. The van der Waals surface area contributed by atoms with E-state index in [1.165, 1.54) is 150 Å². The van der Waals surface area contributed by atoms with E-state index in [9.17, 15) is 9.59 Å². The molecule has 0 amide bonds. The second kappa shape index (κ2) is 31.6. The fourth-order valence-electron chi connectivity index (χ4n) is 4.71. The van der Waals surface area contributed by atoms with Crippen molar-refractivity contribution in [3.8, 4) is 0 Å². The lowest BCUT2D eigenvalue weighted by Gasteiger charge is -2.14. The van der Waals surface area contributed by atoms with Crippen molar-refractivity contribution < 1.29 is 19.1 Å². The van der Waals surface area contributed by atoms with E-state index < -0.39 is 0 Å². The van der Waals surface area contributed by atoms with Crippen LogP contribution in [0.5, 0.6) is 0 Å². The van der Waals surface area contributed by atoms with Gasteiger partial charge in [0.25, 0.3) is 0 Å². The third-order valence-electron chi connectivity index (χ3n) is 7.49. The van der Waals surface area contributed by atoms with Gasteiger partial charge in [-0.15, -0.1) is 0 Å². The van der Waals surface area contributed by atoms with E-state index >= 15 is 0 Å². The van der Waals surface area contributed by atoms with Crippen molar-refractivity contribution >= 4 is 33.5 Å². The molecule has 0 N–H and O–H groups in total. The van der Waals surface area contributed by atoms with Gasteiger partial charge in [0.15, 0.2) is 0 Å². The summed E-state index contributed by atoms with van der Waals surface area (Å²) in [5.74, 6) is -0.365. The lowest BCUT2D eigenvalue weighted by Crippen LogP contribution is -2.20. The zero-order valence-electron chi connectivity index (χ0n) is 27.0. The molecule has 0 aliphatic rings. The van der Waals surface area contributed by atoms with Gasteiger partial charge >= 0.3 is 11.9 Å². The highest BCUT2D eigenvalue weighted by molar-refractivity contribution is 8.77. The third kappa shape index (κ3) is 27.8. The van der Waals surface area contributed by atoms with Crippen LogP contribution in [0.4, 0.5) is 0 Å². The normalized spacial score (nSPS) is 12.8. The van der Waals surface area contributed by atoms with Gasteiger partial charge in [-0.1, -0.05) is 177 Å². The Morgan fingerprint density at radius 1 is 0.425 bits per heavy atom. The molecule has 0 aliphatic carbocycles. The third-order valence-corrected chi connectivity index (χ3v) is 10.6. The van der Waals surface area contributed by atoms with Crippen molar-refractivity contribution in [1.82, 2.24) is 0 Å². The van der Waals surface area contributed by atoms with Gasteiger partial charge in [-0.3, -0.25) is 9.59 Å². The molecule has 0 bridgehead atoms. The molecule has 0 saturated carbocycles. The summed E-state index contributed by atoms with van der Waals surface area (Å²) in [4.78, 5) is 24.5. The summed E-state index contributed by atoms with van der Waals surface area (Å²) < 4.78 is 10.9. The summed E-state index contributed by atoms with van der Waals surface area (Å²) in [6.45, 7) is 9.24. The van der Waals surface area contributed by atoms with Crippen molar-refractivity contribution in [3.63, 3.8) is 0 Å². The molecular weight excluding hydrogens is 537 g/mol. The lowest BCUT2D eigenvalue weighted by atomic mass is 10.1. The fourth-order valence-corrected chi connectivity index (χ4v) is 6.81. The van der Waals surface area contributed by atoms with Gasteiger partial charge in [0, 0.05) is 0 Å². The van der Waals surface area contributed by atoms with E-state index in [-0.39, 0.29) is 22.4 Å². The van der Waals surface area contributed by atoms with Crippen LogP contribution >= 0.6 is 21.6 Å². The first-order chi connectivity index (χ1) is 19.5. The van der Waals surface area contributed by atoms with Crippen molar-refractivity contribution in [1.29, 1.82) is 0 Å². The zero-order chi connectivity index (χ0) is 29.5. The lowest BCUT2D eigenvalue weighted by molar-refractivity contribution is -0.143. The number of rotatable bonds is 31. The molecule has 40 heavy (non-hydrogen) atoms. The molecule has 0 rings (SSSR count). The monoisotopic (exact) mass is 602 g/mol. The zero-order valence-corrected chi connectivity index (χ0v) is 28.6. The molecule has 0 saturated heterocycles. The Balaban J connectivity index is 3.54. The average Bonchev–Trinajstić information content (AvgIpc) is 2.96. The van der Waals surface area contributed by atoms with Gasteiger partial charge in [0.2, 0.25) is 0 Å². The highest BCUT2D eigenvalue weighted by Crippen LogP contribution is 2.32. The maximum absolute atomic E-state index is 12.3. The molecule has 6 heteroatoms. The average molecular weight is 603 g/mol. The predicted octanol–water partition coefficient (Wildman–Crippen LogP) is 11.6. The van der Waals surface area contributed by atoms with Crippen molar-refractivity contribution in [2.75, 3.05) is 13.2 Å². The standard InChI is InChI=1S/C34H66O4S2/c1-5-7-9-11-13-15-17-19-21-23-25-27-29-37-33(35)31(3)39-40-32(4)34(36)38-30-28-26-24-22-20-18-16-14-12-10-8-6-2/h31-32H,5-30H2,1-4H3. The SMILES string of the molecule is CCCCCCCCCCCCCCOC(=O)C(C)SSC(C)C(=O)OCCCCCCCCCCCCCC. The summed E-state index contributed by atoms with van der Waals surface area (Å²) in [5.41, 5.74) is 0. The Kier molecular flexibility index (Phi) is 31.3. The number of unbranched alkanes of at least 4 members (excludes halogenated alkanes) is 22. The fraction of sp³-hybridized carbons (Fsp3) is 0.941. The molecule has 4 nitrogen and oxygen atoms in total. The topological polar surface area (TPSA) is 52.6 Å². The van der Waals surface area contributed by atoms with Crippen LogP contribution in [0.1, 0.15) is 182 Å². The second-order valence-corrected chi connectivity index (χ2v) is 14.5. The van der Waals surface area contributed by atoms with Crippen LogP contribution in [0.15, 0.2) is 0 Å². The Morgan fingerprint density at radius 3 is 0.900 bits per heavy atom. The first kappa shape index (κ1) is 39.6. The minimum Gasteiger partial charge on any atom is -0.465 e. The molecule has 0 heterocycles. The van der Waals surface area contributed by atoms with Crippen LogP contribution in [0.2, 0.25) is 0 Å². The van der Waals surface area contributed by atoms with Crippen LogP contribution in [0.3, 0.4) is 0 Å². The van der Waals surface area contributed by atoms with E-state index in [0.29, 0.717) is 13.2 Å². The van der Waals surface area contributed by atoms with E-state index in [2.05, 4.69) is 13.8 Å². The van der Waals surface area contributed by atoms with Crippen LogP contribution in [0.25, 0.3) is 0 Å². The van der Waals surface area contributed by atoms with E-state index in [0.717, 1.165) is 25.7 Å². The summed E-state index contributed by atoms with van der Waals surface area (Å²) in [5, 5.41) is -0.567. The maximum Gasteiger partial charge on any atom is 0.319 e. The van der Waals surface area contributed by atoms with Crippen LogP contribution in [0, 0.1) is 0 Å². The molecule has 2 unspecified atom stereocenters. The molecule has 0 radical (unpaired) electrons. The van der Waals surface area contributed by atoms with Gasteiger partial charge in [0.1, 0.15) is 10.5 Å². The van der Waals surface area contributed by atoms with Crippen LogP contribution < -0.4 is 0 Å². The number of hydrogen-bond acceptors (Lipinski definition) is 6. The first-order valence-corrected chi connectivity index (χ1v) is 19.5. The van der Waals surface area contributed by atoms with Crippen molar-refractivity contribution in [2.24, 2.45) is 0 Å². The number of carbonyl (C=O) groups excluding carboxylic acids is 2.